The fourth-order valence-corrected chi connectivity index (χ4v) is 2.97. The van der Waals surface area contributed by atoms with Crippen LogP contribution in [0.15, 0.2) is 18.2 Å². The van der Waals surface area contributed by atoms with Crippen LogP contribution in [0.25, 0.3) is 0 Å². The average Bonchev–Trinajstić information content (AvgIpc) is 2.43. The molecule has 1 aromatic rings. The third-order valence-corrected chi connectivity index (χ3v) is 4.03. The first-order valence-electron chi connectivity index (χ1n) is 7.16. The highest BCUT2D eigenvalue weighted by Gasteiger charge is 2.25. The topological polar surface area (TPSA) is 21.3 Å². The van der Waals surface area contributed by atoms with Gasteiger partial charge >= 0.3 is 0 Å². The first-order chi connectivity index (χ1) is 8.76. The molecule has 0 saturated carbocycles. The summed E-state index contributed by atoms with van der Waals surface area (Å²) in [6.07, 6.45) is 5.01. The fraction of sp³-hybridized carbons (Fsp3) is 0.625. The van der Waals surface area contributed by atoms with E-state index >= 15 is 0 Å². The fourth-order valence-electron chi connectivity index (χ4n) is 2.97. The Kier molecular flexibility index (Phi) is 4.65. The van der Waals surface area contributed by atoms with Gasteiger partial charge in [0.05, 0.1) is 7.11 Å². The van der Waals surface area contributed by atoms with Crippen molar-refractivity contribution in [2.45, 2.75) is 51.5 Å². The van der Waals surface area contributed by atoms with Crippen molar-refractivity contribution in [3.8, 4) is 5.75 Å². The molecule has 0 heterocycles. The number of nitrogens with one attached hydrogen (secondary N) is 1. The van der Waals surface area contributed by atoms with E-state index in [0.717, 1.165) is 12.3 Å². The van der Waals surface area contributed by atoms with E-state index in [1.165, 1.54) is 36.8 Å². The molecular formula is C16H25NO. The van der Waals surface area contributed by atoms with E-state index in [1.54, 1.807) is 7.11 Å². The van der Waals surface area contributed by atoms with Gasteiger partial charge in [0.15, 0.2) is 0 Å². The monoisotopic (exact) mass is 247 g/mol. The maximum atomic E-state index is 5.37. The van der Waals surface area contributed by atoms with Crippen LogP contribution >= 0.6 is 0 Å². The van der Waals surface area contributed by atoms with Gasteiger partial charge in [-0.2, -0.15) is 0 Å². The molecule has 0 fully saturated rings. The van der Waals surface area contributed by atoms with Crippen molar-refractivity contribution in [2.24, 2.45) is 0 Å². The van der Waals surface area contributed by atoms with Crippen LogP contribution in [-0.2, 0) is 6.42 Å². The number of methoxy groups -OCH3 is 1. The third-order valence-electron chi connectivity index (χ3n) is 4.03. The Morgan fingerprint density at radius 3 is 3.00 bits per heavy atom. The summed E-state index contributed by atoms with van der Waals surface area (Å²) in [4.78, 5) is 0. The number of aryl methyl sites for hydroxylation is 1. The van der Waals surface area contributed by atoms with Crippen molar-refractivity contribution in [1.82, 2.24) is 5.32 Å². The van der Waals surface area contributed by atoms with E-state index in [2.05, 4.69) is 37.4 Å². The van der Waals surface area contributed by atoms with E-state index in [4.69, 9.17) is 4.74 Å². The van der Waals surface area contributed by atoms with Gasteiger partial charge in [-0.05, 0) is 68.3 Å². The normalized spacial score (nSPS) is 20.3. The second-order valence-electron chi connectivity index (χ2n) is 5.31. The molecule has 2 atom stereocenters. The molecule has 1 aliphatic carbocycles. The molecule has 0 amide bonds. The van der Waals surface area contributed by atoms with E-state index in [0.29, 0.717) is 12.0 Å². The van der Waals surface area contributed by atoms with Crippen LogP contribution in [0.2, 0.25) is 0 Å². The molecule has 0 aliphatic heterocycles. The van der Waals surface area contributed by atoms with Gasteiger partial charge < -0.3 is 10.1 Å². The number of fused-ring (bicyclic) bond motifs is 1. The van der Waals surface area contributed by atoms with E-state index < -0.39 is 0 Å². The van der Waals surface area contributed by atoms with Crippen LogP contribution in [0.4, 0.5) is 0 Å². The van der Waals surface area contributed by atoms with Crippen LogP contribution in [-0.4, -0.2) is 19.7 Å². The van der Waals surface area contributed by atoms with Gasteiger partial charge in [0.1, 0.15) is 5.75 Å². The second kappa shape index (κ2) is 6.24. The first kappa shape index (κ1) is 13.4. The SMILES string of the molecule is CCCNC(C)C1CCCc2ccc(OC)cc21. The summed E-state index contributed by atoms with van der Waals surface area (Å²) < 4.78 is 5.37. The van der Waals surface area contributed by atoms with Crippen molar-refractivity contribution < 1.29 is 4.74 Å². The van der Waals surface area contributed by atoms with Crippen LogP contribution in [0.5, 0.6) is 5.75 Å². The van der Waals surface area contributed by atoms with Crippen LogP contribution in [0, 0.1) is 0 Å². The van der Waals surface area contributed by atoms with Crippen molar-refractivity contribution in [3.63, 3.8) is 0 Å². The standard InChI is InChI=1S/C16H25NO/c1-4-10-17-12(2)15-7-5-6-13-8-9-14(18-3)11-16(13)15/h8-9,11-12,15,17H,4-7,10H2,1-3H3. The summed E-state index contributed by atoms with van der Waals surface area (Å²) >= 11 is 0. The lowest BCUT2D eigenvalue weighted by Gasteiger charge is -2.31. The summed E-state index contributed by atoms with van der Waals surface area (Å²) in [6.45, 7) is 5.64. The lowest BCUT2D eigenvalue weighted by Crippen LogP contribution is -2.34. The molecule has 0 spiro atoms. The van der Waals surface area contributed by atoms with Gasteiger partial charge in [-0.3, -0.25) is 0 Å². The maximum Gasteiger partial charge on any atom is 0.119 e. The molecule has 0 aromatic heterocycles. The highest BCUT2D eigenvalue weighted by atomic mass is 16.5. The molecule has 2 nitrogen and oxygen atoms in total. The molecule has 100 valence electrons. The van der Waals surface area contributed by atoms with Crippen LogP contribution in [0.3, 0.4) is 0 Å². The first-order valence-corrected chi connectivity index (χ1v) is 7.16. The Labute approximate surface area is 111 Å². The zero-order valence-electron chi connectivity index (χ0n) is 11.8. The van der Waals surface area contributed by atoms with Gasteiger partial charge in [0.25, 0.3) is 0 Å². The smallest absolute Gasteiger partial charge is 0.119 e. The predicted octanol–water partition coefficient (Wildman–Crippen LogP) is 3.50. The molecule has 2 heteroatoms. The number of hydrogen-bond donors (Lipinski definition) is 1. The minimum Gasteiger partial charge on any atom is -0.497 e. The molecule has 0 bridgehead atoms. The highest BCUT2D eigenvalue weighted by molar-refractivity contribution is 5.40. The van der Waals surface area contributed by atoms with Gasteiger partial charge in [0, 0.05) is 6.04 Å². The summed E-state index contributed by atoms with van der Waals surface area (Å²) in [5.74, 6) is 1.62. The van der Waals surface area contributed by atoms with Crippen molar-refractivity contribution in [3.05, 3.63) is 29.3 Å². The Balaban J connectivity index is 2.20. The quantitative estimate of drug-likeness (QED) is 0.860. The number of hydrogen-bond acceptors (Lipinski definition) is 2. The molecule has 2 unspecified atom stereocenters. The molecule has 1 aromatic carbocycles. The minimum absolute atomic E-state index is 0.552. The van der Waals surface area contributed by atoms with Crippen molar-refractivity contribution in [2.75, 3.05) is 13.7 Å². The van der Waals surface area contributed by atoms with E-state index in [-0.39, 0.29) is 0 Å². The van der Waals surface area contributed by atoms with Crippen LogP contribution < -0.4 is 10.1 Å². The predicted molar refractivity (Wildman–Crippen MR) is 76.4 cm³/mol. The van der Waals surface area contributed by atoms with Gasteiger partial charge in [0.2, 0.25) is 0 Å². The maximum absolute atomic E-state index is 5.37. The van der Waals surface area contributed by atoms with Gasteiger partial charge in [-0.25, -0.2) is 0 Å². The zero-order chi connectivity index (χ0) is 13.0. The van der Waals surface area contributed by atoms with E-state index in [9.17, 15) is 0 Å². The Bertz CT molecular complexity index is 389. The zero-order valence-corrected chi connectivity index (χ0v) is 11.8. The summed E-state index contributed by atoms with van der Waals surface area (Å²) in [5, 5.41) is 3.64. The molecule has 1 aliphatic rings. The lowest BCUT2D eigenvalue weighted by molar-refractivity contribution is 0.399. The molecule has 0 saturated heterocycles. The molecule has 0 radical (unpaired) electrons. The molecular weight excluding hydrogens is 222 g/mol. The molecule has 2 rings (SSSR count). The highest BCUT2D eigenvalue weighted by Crippen LogP contribution is 2.36. The summed E-state index contributed by atoms with van der Waals surface area (Å²) in [6, 6.07) is 7.12. The Morgan fingerprint density at radius 1 is 1.44 bits per heavy atom. The molecule has 1 N–H and O–H groups in total. The number of benzene rings is 1. The summed E-state index contributed by atoms with van der Waals surface area (Å²) in [7, 11) is 1.75. The minimum atomic E-state index is 0.552. The van der Waals surface area contributed by atoms with E-state index in [1.807, 2.05) is 0 Å². The largest absolute Gasteiger partial charge is 0.497 e. The van der Waals surface area contributed by atoms with Crippen LogP contribution in [0.1, 0.15) is 50.2 Å². The van der Waals surface area contributed by atoms with Crippen molar-refractivity contribution in [1.29, 1.82) is 0 Å². The Hall–Kier alpha value is -1.02. The lowest BCUT2D eigenvalue weighted by atomic mass is 9.79. The molecule has 18 heavy (non-hydrogen) atoms. The second-order valence-corrected chi connectivity index (χ2v) is 5.31. The average molecular weight is 247 g/mol. The summed E-state index contributed by atoms with van der Waals surface area (Å²) in [5.41, 5.74) is 3.01. The van der Waals surface area contributed by atoms with Gasteiger partial charge in [-0.15, -0.1) is 0 Å². The number of ether oxygens (including phenoxy) is 1. The van der Waals surface area contributed by atoms with Gasteiger partial charge in [-0.1, -0.05) is 13.0 Å². The van der Waals surface area contributed by atoms with Crippen molar-refractivity contribution >= 4 is 0 Å². The third kappa shape index (κ3) is 2.86. The Morgan fingerprint density at radius 2 is 2.28 bits per heavy atom. The number of rotatable bonds is 5.